The van der Waals surface area contributed by atoms with Gasteiger partial charge in [0.25, 0.3) is 0 Å². The van der Waals surface area contributed by atoms with Crippen LogP contribution in [0.5, 0.6) is 0 Å². The number of benzene rings is 1. The fourth-order valence-electron chi connectivity index (χ4n) is 4.42. The number of amides is 1. The van der Waals surface area contributed by atoms with Gasteiger partial charge >= 0.3 is 0 Å². The van der Waals surface area contributed by atoms with Crippen molar-refractivity contribution in [2.75, 3.05) is 22.9 Å². The molecule has 0 spiro atoms. The Bertz CT molecular complexity index is 1010. The lowest BCUT2D eigenvalue weighted by atomic mass is 9.94. The lowest BCUT2D eigenvalue weighted by Gasteiger charge is -2.35. The molecule has 5 rings (SSSR count). The highest BCUT2D eigenvalue weighted by molar-refractivity contribution is 5.97. The fraction of sp³-hybridized carbons (Fsp3) is 0.381. The molecule has 1 aromatic carbocycles. The van der Waals surface area contributed by atoms with Crippen LogP contribution in [0.2, 0.25) is 0 Å². The summed E-state index contributed by atoms with van der Waals surface area (Å²) in [6, 6.07) is 10.4. The number of hydrogen-bond acceptors (Lipinski definition) is 6. The standard InChI is InChI=1S/C21H23N7O/c1-15-10-17-4-2-3-5-18(17)28(15)21(29)16-6-8-26(9-7-16)19-11-20(24-13-23-19)27-14-22-12-25-27/h2-5,11-16H,6-10H2,1H3/t15-/m1/s1. The van der Waals surface area contributed by atoms with E-state index in [0.717, 1.165) is 43.9 Å². The van der Waals surface area contributed by atoms with Gasteiger partial charge in [0.1, 0.15) is 24.8 Å². The predicted octanol–water partition coefficient (Wildman–Crippen LogP) is 2.25. The number of para-hydroxylation sites is 1. The zero-order valence-corrected chi connectivity index (χ0v) is 16.3. The number of hydrogen-bond donors (Lipinski definition) is 0. The Hall–Kier alpha value is -3.29. The van der Waals surface area contributed by atoms with Gasteiger partial charge in [0.15, 0.2) is 5.82 Å². The maximum atomic E-state index is 13.3. The third kappa shape index (κ3) is 3.24. The van der Waals surface area contributed by atoms with Crippen LogP contribution in [0.4, 0.5) is 11.5 Å². The molecule has 0 aliphatic carbocycles. The summed E-state index contributed by atoms with van der Waals surface area (Å²) in [6.07, 6.45) is 7.24. The van der Waals surface area contributed by atoms with Gasteiger partial charge in [-0.3, -0.25) is 4.79 Å². The second-order valence-electron chi connectivity index (χ2n) is 7.73. The molecular formula is C21H23N7O. The number of carbonyl (C=O) groups is 1. The van der Waals surface area contributed by atoms with Crippen LogP contribution >= 0.6 is 0 Å². The Morgan fingerprint density at radius 1 is 1.07 bits per heavy atom. The number of nitrogens with zero attached hydrogens (tertiary/aromatic N) is 7. The van der Waals surface area contributed by atoms with Crippen molar-refractivity contribution in [2.24, 2.45) is 5.92 Å². The van der Waals surface area contributed by atoms with Crippen LogP contribution in [0.1, 0.15) is 25.3 Å². The highest BCUT2D eigenvalue weighted by Gasteiger charge is 2.36. The van der Waals surface area contributed by atoms with Crippen molar-refractivity contribution in [3.63, 3.8) is 0 Å². The molecule has 29 heavy (non-hydrogen) atoms. The number of carbonyl (C=O) groups excluding carboxylic acids is 1. The maximum Gasteiger partial charge on any atom is 0.230 e. The molecule has 1 amide bonds. The van der Waals surface area contributed by atoms with Crippen LogP contribution in [0, 0.1) is 5.92 Å². The van der Waals surface area contributed by atoms with Gasteiger partial charge in [-0.1, -0.05) is 18.2 Å². The van der Waals surface area contributed by atoms with Gasteiger partial charge in [0.05, 0.1) is 0 Å². The molecule has 0 N–H and O–H groups in total. The van der Waals surface area contributed by atoms with E-state index in [1.165, 1.54) is 11.9 Å². The minimum atomic E-state index is 0.0523. The molecule has 1 saturated heterocycles. The van der Waals surface area contributed by atoms with E-state index >= 15 is 0 Å². The second kappa shape index (κ2) is 7.27. The van der Waals surface area contributed by atoms with Crippen LogP contribution < -0.4 is 9.80 Å². The van der Waals surface area contributed by atoms with Crippen LogP contribution in [0.3, 0.4) is 0 Å². The van der Waals surface area contributed by atoms with Gasteiger partial charge in [-0.15, -0.1) is 0 Å². The van der Waals surface area contributed by atoms with Crippen molar-refractivity contribution < 1.29 is 4.79 Å². The van der Waals surface area contributed by atoms with E-state index in [-0.39, 0.29) is 17.9 Å². The van der Waals surface area contributed by atoms with Crippen LogP contribution in [0.25, 0.3) is 5.82 Å². The first-order chi connectivity index (χ1) is 14.2. The summed E-state index contributed by atoms with van der Waals surface area (Å²) in [4.78, 5) is 30.2. The molecule has 1 fully saturated rings. The second-order valence-corrected chi connectivity index (χ2v) is 7.73. The molecule has 4 heterocycles. The Morgan fingerprint density at radius 2 is 1.86 bits per heavy atom. The maximum absolute atomic E-state index is 13.3. The highest BCUT2D eigenvalue weighted by atomic mass is 16.2. The minimum absolute atomic E-state index is 0.0523. The lowest BCUT2D eigenvalue weighted by molar-refractivity contribution is -0.123. The molecule has 0 bridgehead atoms. The highest BCUT2D eigenvalue weighted by Crippen LogP contribution is 2.35. The normalized spacial score (nSPS) is 19.4. The van der Waals surface area contributed by atoms with E-state index in [0.29, 0.717) is 5.82 Å². The van der Waals surface area contributed by atoms with E-state index in [9.17, 15) is 4.79 Å². The molecule has 0 saturated carbocycles. The fourth-order valence-corrected chi connectivity index (χ4v) is 4.42. The van der Waals surface area contributed by atoms with Gasteiger partial charge in [-0.25, -0.2) is 19.6 Å². The molecule has 3 aromatic rings. The molecule has 2 aromatic heterocycles. The van der Waals surface area contributed by atoms with Gasteiger partial charge < -0.3 is 9.80 Å². The Balaban J connectivity index is 1.28. The number of aromatic nitrogens is 5. The first kappa shape index (κ1) is 17.8. The molecule has 148 valence electrons. The summed E-state index contributed by atoms with van der Waals surface area (Å²) in [5, 5.41) is 4.12. The summed E-state index contributed by atoms with van der Waals surface area (Å²) in [7, 11) is 0. The molecule has 1 atom stereocenters. The first-order valence-electron chi connectivity index (χ1n) is 10.0. The molecule has 2 aliphatic rings. The number of fused-ring (bicyclic) bond motifs is 1. The van der Waals surface area contributed by atoms with Crippen molar-refractivity contribution in [2.45, 2.75) is 32.2 Å². The zero-order chi connectivity index (χ0) is 19.8. The van der Waals surface area contributed by atoms with Crippen molar-refractivity contribution in [3.05, 3.63) is 54.9 Å². The monoisotopic (exact) mass is 389 g/mol. The third-order valence-electron chi connectivity index (χ3n) is 5.90. The van der Waals surface area contributed by atoms with Crippen molar-refractivity contribution in [1.82, 2.24) is 24.7 Å². The SMILES string of the molecule is C[C@@H]1Cc2ccccc2N1C(=O)C1CCN(c2cc(-n3cncn3)ncn2)CC1. The summed E-state index contributed by atoms with van der Waals surface area (Å²) >= 11 is 0. The van der Waals surface area contributed by atoms with E-state index < -0.39 is 0 Å². The number of piperidine rings is 1. The summed E-state index contributed by atoms with van der Waals surface area (Å²) in [5.41, 5.74) is 2.35. The average molecular weight is 389 g/mol. The largest absolute Gasteiger partial charge is 0.356 e. The first-order valence-corrected chi connectivity index (χ1v) is 10.0. The van der Waals surface area contributed by atoms with Crippen LogP contribution in [-0.2, 0) is 11.2 Å². The topological polar surface area (TPSA) is 80.0 Å². The van der Waals surface area contributed by atoms with E-state index in [1.807, 2.05) is 23.1 Å². The molecule has 0 unspecified atom stereocenters. The van der Waals surface area contributed by atoms with Gasteiger partial charge in [-0.2, -0.15) is 5.10 Å². The lowest BCUT2D eigenvalue weighted by Crippen LogP contribution is -2.45. The third-order valence-corrected chi connectivity index (χ3v) is 5.90. The summed E-state index contributed by atoms with van der Waals surface area (Å²) < 4.78 is 1.62. The molecule has 2 aliphatic heterocycles. The smallest absolute Gasteiger partial charge is 0.230 e. The summed E-state index contributed by atoms with van der Waals surface area (Å²) in [5.74, 6) is 1.86. The Morgan fingerprint density at radius 3 is 2.66 bits per heavy atom. The molecule has 8 heteroatoms. The average Bonchev–Trinajstić information content (AvgIpc) is 3.41. The molecule has 0 radical (unpaired) electrons. The van der Waals surface area contributed by atoms with Crippen LogP contribution in [-0.4, -0.2) is 49.8 Å². The van der Waals surface area contributed by atoms with Crippen molar-refractivity contribution in [3.8, 4) is 5.82 Å². The molecular weight excluding hydrogens is 366 g/mol. The molecule has 8 nitrogen and oxygen atoms in total. The van der Waals surface area contributed by atoms with E-state index in [1.54, 1.807) is 17.3 Å². The van der Waals surface area contributed by atoms with Crippen LogP contribution in [0.15, 0.2) is 49.3 Å². The Kier molecular flexibility index (Phi) is 4.46. The van der Waals surface area contributed by atoms with Crippen molar-refractivity contribution >= 4 is 17.4 Å². The Labute approximate surface area is 169 Å². The zero-order valence-electron chi connectivity index (χ0n) is 16.3. The predicted molar refractivity (Wildman–Crippen MR) is 109 cm³/mol. The van der Waals surface area contributed by atoms with Gasteiger partial charge in [0, 0.05) is 36.8 Å². The van der Waals surface area contributed by atoms with Gasteiger partial charge in [-0.05, 0) is 37.8 Å². The summed E-state index contributed by atoms with van der Waals surface area (Å²) in [6.45, 7) is 3.74. The quantitative estimate of drug-likeness (QED) is 0.684. The van der Waals surface area contributed by atoms with E-state index in [2.05, 4.69) is 44.0 Å². The van der Waals surface area contributed by atoms with Gasteiger partial charge in [0.2, 0.25) is 5.91 Å². The van der Waals surface area contributed by atoms with Crippen molar-refractivity contribution in [1.29, 1.82) is 0 Å². The van der Waals surface area contributed by atoms with E-state index in [4.69, 9.17) is 0 Å². The minimum Gasteiger partial charge on any atom is -0.356 e. The number of anilines is 2. The number of rotatable bonds is 3.